The Morgan fingerprint density at radius 1 is 1.47 bits per heavy atom. The molecule has 0 bridgehead atoms. The molecule has 1 aromatic carbocycles. The second-order valence-corrected chi connectivity index (χ2v) is 3.06. The number of aromatic amines is 1. The fourth-order valence-corrected chi connectivity index (χ4v) is 1.41. The maximum Gasteiger partial charge on any atom is 0.130 e. The first-order valence-corrected chi connectivity index (χ1v) is 4.72. The van der Waals surface area contributed by atoms with Crippen LogP contribution >= 0.6 is 0 Å². The highest BCUT2D eigenvalue weighted by Gasteiger charge is 2.08. The van der Waals surface area contributed by atoms with Crippen LogP contribution in [0.2, 0.25) is 0 Å². The standard InChI is InChI=1S/C11H11FN2O/c1-2-15-11-5-9(12)3-4-10(11)8-6-13-14-7-8/h3-7H,2H2,1H3,(H,13,14). The van der Waals surface area contributed by atoms with E-state index >= 15 is 0 Å². The first-order chi connectivity index (χ1) is 7.31. The summed E-state index contributed by atoms with van der Waals surface area (Å²) in [6.45, 7) is 2.37. The van der Waals surface area contributed by atoms with E-state index in [4.69, 9.17) is 4.74 Å². The molecule has 15 heavy (non-hydrogen) atoms. The predicted octanol–water partition coefficient (Wildman–Crippen LogP) is 2.61. The number of nitrogens with one attached hydrogen (secondary N) is 1. The topological polar surface area (TPSA) is 37.9 Å². The molecule has 0 amide bonds. The van der Waals surface area contributed by atoms with Crippen LogP contribution in [0.4, 0.5) is 4.39 Å². The van der Waals surface area contributed by atoms with E-state index < -0.39 is 0 Å². The van der Waals surface area contributed by atoms with Gasteiger partial charge < -0.3 is 4.74 Å². The summed E-state index contributed by atoms with van der Waals surface area (Å²) in [7, 11) is 0. The van der Waals surface area contributed by atoms with Crippen molar-refractivity contribution in [2.75, 3.05) is 6.61 Å². The zero-order valence-electron chi connectivity index (χ0n) is 8.33. The van der Waals surface area contributed by atoms with Gasteiger partial charge in [0, 0.05) is 23.4 Å². The van der Waals surface area contributed by atoms with Crippen LogP contribution in [0.5, 0.6) is 5.75 Å². The minimum Gasteiger partial charge on any atom is -0.493 e. The molecule has 1 aromatic heterocycles. The number of H-pyrrole nitrogens is 1. The van der Waals surface area contributed by atoms with Crippen LogP contribution in [0, 0.1) is 5.82 Å². The van der Waals surface area contributed by atoms with Gasteiger partial charge in [0.2, 0.25) is 0 Å². The highest BCUT2D eigenvalue weighted by molar-refractivity contribution is 5.69. The second-order valence-electron chi connectivity index (χ2n) is 3.06. The van der Waals surface area contributed by atoms with Crippen molar-refractivity contribution in [2.24, 2.45) is 0 Å². The summed E-state index contributed by atoms with van der Waals surface area (Å²) in [5.74, 6) is 0.240. The van der Waals surface area contributed by atoms with Crippen molar-refractivity contribution in [3.05, 3.63) is 36.4 Å². The molecule has 0 saturated carbocycles. The molecule has 2 aromatic rings. The monoisotopic (exact) mass is 206 g/mol. The molecule has 2 rings (SSSR count). The van der Waals surface area contributed by atoms with E-state index in [9.17, 15) is 4.39 Å². The molecule has 0 radical (unpaired) electrons. The summed E-state index contributed by atoms with van der Waals surface area (Å²) in [6.07, 6.45) is 3.42. The Kier molecular flexibility index (Phi) is 2.67. The zero-order chi connectivity index (χ0) is 10.7. The Balaban J connectivity index is 2.46. The molecule has 1 N–H and O–H groups in total. The lowest BCUT2D eigenvalue weighted by atomic mass is 10.1. The average molecular weight is 206 g/mol. The molecular formula is C11H11FN2O. The van der Waals surface area contributed by atoms with Crippen LogP contribution < -0.4 is 4.74 Å². The SMILES string of the molecule is CCOc1cc(F)ccc1-c1cn[nH]c1. The summed E-state index contributed by atoms with van der Waals surface area (Å²) in [6, 6.07) is 4.47. The first-order valence-electron chi connectivity index (χ1n) is 4.72. The number of nitrogens with zero attached hydrogens (tertiary/aromatic N) is 1. The van der Waals surface area contributed by atoms with Gasteiger partial charge in [0.05, 0.1) is 12.8 Å². The van der Waals surface area contributed by atoms with Gasteiger partial charge in [-0.1, -0.05) is 0 Å². The molecule has 4 heteroatoms. The van der Waals surface area contributed by atoms with Crippen molar-refractivity contribution in [1.29, 1.82) is 0 Å². The Labute approximate surface area is 86.9 Å². The van der Waals surface area contributed by atoms with Crippen LogP contribution in [0.25, 0.3) is 11.1 Å². The number of hydrogen-bond donors (Lipinski definition) is 1. The van der Waals surface area contributed by atoms with Crippen LogP contribution in [-0.4, -0.2) is 16.8 Å². The van der Waals surface area contributed by atoms with Gasteiger partial charge in [-0.3, -0.25) is 5.10 Å². The van der Waals surface area contributed by atoms with Crippen molar-refractivity contribution in [3.8, 4) is 16.9 Å². The van der Waals surface area contributed by atoms with E-state index in [0.717, 1.165) is 11.1 Å². The van der Waals surface area contributed by atoms with E-state index in [1.165, 1.54) is 12.1 Å². The lowest BCUT2D eigenvalue weighted by molar-refractivity contribution is 0.339. The molecule has 0 atom stereocenters. The average Bonchev–Trinajstić information content (AvgIpc) is 2.71. The van der Waals surface area contributed by atoms with Gasteiger partial charge in [0.25, 0.3) is 0 Å². The second kappa shape index (κ2) is 4.13. The van der Waals surface area contributed by atoms with Crippen LogP contribution in [0.1, 0.15) is 6.92 Å². The first kappa shape index (κ1) is 9.71. The van der Waals surface area contributed by atoms with Crippen LogP contribution in [-0.2, 0) is 0 Å². The molecule has 1 heterocycles. The number of aromatic nitrogens is 2. The summed E-state index contributed by atoms with van der Waals surface area (Å²) in [5, 5.41) is 6.56. The fraction of sp³-hybridized carbons (Fsp3) is 0.182. The quantitative estimate of drug-likeness (QED) is 0.838. The summed E-state index contributed by atoms with van der Waals surface area (Å²) >= 11 is 0. The minimum atomic E-state index is -0.300. The molecule has 0 saturated heterocycles. The van der Waals surface area contributed by atoms with Crippen molar-refractivity contribution in [3.63, 3.8) is 0 Å². The van der Waals surface area contributed by atoms with Gasteiger partial charge in [-0.15, -0.1) is 0 Å². The molecule has 0 unspecified atom stereocenters. The number of ether oxygens (including phenoxy) is 1. The molecule has 3 nitrogen and oxygen atoms in total. The molecule has 0 fully saturated rings. The van der Waals surface area contributed by atoms with Crippen molar-refractivity contribution < 1.29 is 9.13 Å². The number of hydrogen-bond acceptors (Lipinski definition) is 2. The van der Waals surface area contributed by atoms with E-state index in [1.807, 2.05) is 6.92 Å². The van der Waals surface area contributed by atoms with Gasteiger partial charge in [-0.2, -0.15) is 5.10 Å². The molecule has 0 aliphatic rings. The molecular weight excluding hydrogens is 195 g/mol. The van der Waals surface area contributed by atoms with E-state index in [1.54, 1.807) is 18.5 Å². The lowest BCUT2D eigenvalue weighted by Crippen LogP contribution is -1.94. The van der Waals surface area contributed by atoms with E-state index in [2.05, 4.69) is 10.2 Å². The smallest absolute Gasteiger partial charge is 0.130 e. The lowest BCUT2D eigenvalue weighted by Gasteiger charge is -2.08. The van der Waals surface area contributed by atoms with E-state index in [-0.39, 0.29) is 5.82 Å². The molecule has 78 valence electrons. The number of halogens is 1. The van der Waals surface area contributed by atoms with Crippen molar-refractivity contribution >= 4 is 0 Å². The Morgan fingerprint density at radius 3 is 3.00 bits per heavy atom. The maximum absolute atomic E-state index is 13.0. The van der Waals surface area contributed by atoms with Gasteiger partial charge in [-0.05, 0) is 19.1 Å². The third-order valence-electron chi connectivity index (χ3n) is 2.05. The highest BCUT2D eigenvalue weighted by Crippen LogP contribution is 2.29. The Bertz CT molecular complexity index is 440. The van der Waals surface area contributed by atoms with Crippen LogP contribution in [0.3, 0.4) is 0 Å². The van der Waals surface area contributed by atoms with Gasteiger partial charge in [0.15, 0.2) is 0 Å². The summed E-state index contributed by atoms with van der Waals surface area (Å²) < 4.78 is 18.4. The van der Waals surface area contributed by atoms with Crippen molar-refractivity contribution in [1.82, 2.24) is 10.2 Å². The third-order valence-corrected chi connectivity index (χ3v) is 2.05. The predicted molar refractivity (Wildman–Crippen MR) is 55.2 cm³/mol. The Hall–Kier alpha value is -1.84. The largest absolute Gasteiger partial charge is 0.493 e. The number of benzene rings is 1. The van der Waals surface area contributed by atoms with Crippen molar-refractivity contribution in [2.45, 2.75) is 6.92 Å². The molecule has 0 aliphatic heterocycles. The van der Waals surface area contributed by atoms with Gasteiger partial charge >= 0.3 is 0 Å². The summed E-state index contributed by atoms with van der Waals surface area (Å²) in [5.41, 5.74) is 1.73. The minimum absolute atomic E-state index is 0.300. The van der Waals surface area contributed by atoms with Gasteiger partial charge in [-0.25, -0.2) is 4.39 Å². The van der Waals surface area contributed by atoms with Crippen LogP contribution in [0.15, 0.2) is 30.6 Å². The zero-order valence-corrected chi connectivity index (χ0v) is 8.33. The number of rotatable bonds is 3. The fourth-order valence-electron chi connectivity index (χ4n) is 1.41. The Morgan fingerprint density at radius 2 is 2.33 bits per heavy atom. The molecule has 0 aliphatic carbocycles. The third kappa shape index (κ3) is 1.98. The summed E-state index contributed by atoms with van der Waals surface area (Å²) in [4.78, 5) is 0. The van der Waals surface area contributed by atoms with Gasteiger partial charge in [0.1, 0.15) is 11.6 Å². The van der Waals surface area contributed by atoms with E-state index in [0.29, 0.717) is 12.4 Å². The highest BCUT2D eigenvalue weighted by atomic mass is 19.1. The molecule has 0 spiro atoms. The normalized spacial score (nSPS) is 10.3. The maximum atomic E-state index is 13.0.